The van der Waals surface area contributed by atoms with E-state index < -0.39 is 6.10 Å². The molecule has 1 saturated heterocycles. The first kappa shape index (κ1) is 14.5. The maximum absolute atomic E-state index is 12.5. The van der Waals surface area contributed by atoms with Crippen LogP contribution < -0.4 is 10.9 Å². The van der Waals surface area contributed by atoms with Gasteiger partial charge in [-0.05, 0) is 19.4 Å². The summed E-state index contributed by atoms with van der Waals surface area (Å²) in [4.78, 5) is 18.7. The second-order valence-corrected chi connectivity index (χ2v) is 5.92. The number of nitrogens with zero attached hydrogens (tertiary/aromatic N) is 2. The Morgan fingerprint density at radius 2 is 2.21 bits per heavy atom. The summed E-state index contributed by atoms with van der Waals surface area (Å²) in [6.45, 7) is 5.08. The number of aliphatic hydroxyl groups is 1. The molecule has 1 fully saturated rings. The molecular formula is C12H16ClN3O2S. The van der Waals surface area contributed by atoms with Crippen molar-refractivity contribution in [2.45, 2.75) is 26.0 Å². The molecule has 3 heterocycles. The van der Waals surface area contributed by atoms with Gasteiger partial charge in [0.05, 0.1) is 23.9 Å². The van der Waals surface area contributed by atoms with Gasteiger partial charge >= 0.3 is 0 Å². The summed E-state index contributed by atoms with van der Waals surface area (Å²) in [5.41, 5.74) is 0.955. The zero-order chi connectivity index (χ0) is 12.9. The Labute approximate surface area is 120 Å². The van der Waals surface area contributed by atoms with Crippen LogP contribution in [0.15, 0.2) is 11.1 Å². The summed E-state index contributed by atoms with van der Waals surface area (Å²) in [5.74, 6) is 0. The van der Waals surface area contributed by atoms with Gasteiger partial charge in [-0.1, -0.05) is 0 Å². The number of nitrogens with one attached hydrogen (secondary N) is 1. The Bertz CT molecular complexity index is 667. The van der Waals surface area contributed by atoms with Gasteiger partial charge in [-0.25, -0.2) is 4.98 Å². The molecule has 1 aliphatic heterocycles. The second-order valence-electron chi connectivity index (χ2n) is 4.71. The van der Waals surface area contributed by atoms with Crippen LogP contribution in [0.5, 0.6) is 0 Å². The standard InChI is InChI=1S/C12H15N3O2S.ClH/c1-6-7(2)18-11-10(6)12(17)15(5-14-11)8-3-13-4-9(8)16;/h5,8-9,13,16H,3-4H2,1-2H3;1H/t8-,9-;/m1./s1. The SMILES string of the molecule is Cc1sc2ncn([C@@H]3CNC[C@H]3O)c(=O)c2c1C.Cl. The molecule has 0 amide bonds. The number of hydrogen-bond donors (Lipinski definition) is 2. The first-order valence-corrected chi connectivity index (χ1v) is 6.77. The average molecular weight is 302 g/mol. The molecule has 5 nitrogen and oxygen atoms in total. The zero-order valence-corrected chi connectivity index (χ0v) is 12.3. The van der Waals surface area contributed by atoms with Gasteiger partial charge in [-0.15, -0.1) is 23.7 Å². The molecule has 2 atom stereocenters. The predicted octanol–water partition coefficient (Wildman–Crippen LogP) is 1.00. The number of aliphatic hydroxyl groups excluding tert-OH is 1. The number of thiophene rings is 1. The van der Waals surface area contributed by atoms with E-state index in [1.54, 1.807) is 22.2 Å². The van der Waals surface area contributed by atoms with E-state index in [9.17, 15) is 9.90 Å². The van der Waals surface area contributed by atoms with Gasteiger partial charge in [0.1, 0.15) is 4.83 Å². The van der Waals surface area contributed by atoms with Crippen LogP contribution in [-0.4, -0.2) is 33.9 Å². The van der Waals surface area contributed by atoms with Crippen LogP contribution in [0.2, 0.25) is 0 Å². The lowest BCUT2D eigenvalue weighted by molar-refractivity contribution is 0.149. The van der Waals surface area contributed by atoms with Crippen LogP contribution in [0.4, 0.5) is 0 Å². The molecule has 2 N–H and O–H groups in total. The smallest absolute Gasteiger partial charge is 0.262 e. The fourth-order valence-electron chi connectivity index (χ4n) is 2.42. The molecule has 0 radical (unpaired) electrons. The lowest BCUT2D eigenvalue weighted by Gasteiger charge is -2.16. The van der Waals surface area contributed by atoms with Gasteiger partial charge in [-0.2, -0.15) is 0 Å². The fourth-order valence-corrected chi connectivity index (χ4v) is 3.41. The summed E-state index contributed by atoms with van der Waals surface area (Å²) in [6.07, 6.45) is 1.03. The van der Waals surface area contributed by atoms with E-state index in [-0.39, 0.29) is 24.0 Å². The van der Waals surface area contributed by atoms with Gasteiger partial charge in [0.25, 0.3) is 5.56 Å². The van der Waals surface area contributed by atoms with Crippen molar-refractivity contribution in [3.8, 4) is 0 Å². The third kappa shape index (κ3) is 2.18. The summed E-state index contributed by atoms with van der Waals surface area (Å²) in [5, 5.41) is 13.6. The van der Waals surface area contributed by atoms with E-state index in [1.165, 1.54) is 0 Å². The molecule has 0 aliphatic carbocycles. The first-order valence-electron chi connectivity index (χ1n) is 5.95. The number of fused-ring (bicyclic) bond motifs is 1. The van der Waals surface area contributed by atoms with Crippen LogP contribution in [0, 0.1) is 13.8 Å². The van der Waals surface area contributed by atoms with E-state index in [2.05, 4.69) is 10.3 Å². The minimum atomic E-state index is -0.526. The fraction of sp³-hybridized carbons (Fsp3) is 0.500. The third-order valence-corrected chi connectivity index (χ3v) is 4.74. The average Bonchev–Trinajstić information content (AvgIpc) is 2.86. The molecule has 104 valence electrons. The van der Waals surface area contributed by atoms with E-state index in [0.29, 0.717) is 18.5 Å². The maximum atomic E-state index is 12.5. The van der Waals surface area contributed by atoms with Crippen molar-refractivity contribution >= 4 is 34.0 Å². The van der Waals surface area contributed by atoms with Gasteiger partial charge in [0, 0.05) is 18.0 Å². The lowest BCUT2D eigenvalue weighted by Crippen LogP contribution is -2.31. The lowest BCUT2D eigenvalue weighted by atomic mass is 10.2. The Balaban J connectivity index is 0.00000133. The second kappa shape index (κ2) is 5.20. The van der Waals surface area contributed by atoms with Crippen molar-refractivity contribution in [2.24, 2.45) is 0 Å². The maximum Gasteiger partial charge on any atom is 0.262 e. The summed E-state index contributed by atoms with van der Waals surface area (Å²) < 4.78 is 1.56. The molecule has 0 bridgehead atoms. The van der Waals surface area contributed by atoms with E-state index in [1.807, 2.05) is 13.8 Å². The summed E-state index contributed by atoms with van der Waals surface area (Å²) >= 11 is 1.54. The summed E-state index contributed by atoms with van der Waals surface area (Å²) in [7, 11) is 0. The first-order chi connectivity index (χ1) is 8.59. The normalized spacial score (nSPS) is 22.7. The number of hydrogen-bond acceptors (Lipinski definition) is 5. The molecule has 0 spiro atoms. The van der Waals surface area contributed by atoms with Crippen molar-refractivity contribution in [3.63, 3.8) is 0 Å². The van der Waals surface area contributed by atoms with Crippen molar-refractivity contribution < 1.29 is 5.11 Å². The quantitative estimate of drug-likeness (QED) is 0.825. The number of rotatable bonds is 1. The highest BCUT2D eigenvalue weighted by molar-refractivity contribution is 7.18. The van der Waals surface area contributed by atoms with Crippen LogP contribution in [0.3, 0.4) is 0 Å². The molecule has 1 aliphatic rings. The zero-order valence-electron chi connectivity index (χ0n) is 10.7. The van der Waals surface area contributed by atoms with E-state index >= 15 is 0 Å². The van der Waals surface area contributed by atoms with Crippen molar-refractivity contribution in [2.75, 3.05) is 13.1 Å². The van der Waals surface area contributed by atoms with Crippen molar-refractivity contribution in [1.82, 2.24) is 14.9 Å². The van der Waals surface area contributed by atoms with Crippen molar-refractivity contribution in [1.29, 1.82) is 0 Å². The third-order valence-electron chi connectivity index (χ3n) is 3.62. The predicted molar refractivity (Wildman–Crippen MR) is 78.5 cm³/mol. The Kier molecular flexibility index (Phi) is 3.96. The molecule has 0 aromatic carbocycles. The minimum absolute atomic E-state index is 0. The van der Waals surface area contributed by atoms with Crippen LogP contribution >= 0.6 is 23.7 Å². The van der Waals surface area contributed by atoms with Gasteiger partial charge in [0.2, 0.25) is 0 Å². The highest BCUT2D eigenvalue weighted by Gasteiger charge is 2.28. The van der Waals surface area contributed by atoms with Crippen LogP contribution in [-0.2, 0) is 0 Å². The number of aryl methyl sites for hydroxylation is 2. The Hall–Kier alpha value is -0.950. The molecule has 19 heavy (non-hydrogen) atoms. The highest BCUT2D eigenvalue weighted by atomic mass is 35.5. The van der Waals surface area contributed by atoms with Crippen LogP contribution in [0.25, 0.3) is 10.2 Å². The largest absolute Gasteiger partial charge is 0.390 e. The van der Waals surface area contributed by atoms with Crippen LogP contribution in [0.1, 0.15) is 16.5 Å². The van der Waals surface area contributed by atoms with Gasteiger partial charge in [-0.3, -0.25) is 9.36 Å². The molecule has 0 saturated carbocycles. The molecule has 7 heteroatoms. The molecular weight excluding hydrogens is 286 g/mol. The summed E-state index contributed by atoms with van der Waals surface area (Å²) in [6, 6.07) is -0.214. The monoisotopic (exact) mass is 301 g/mol. The topological polar surface area (TPSA) is 67.2 Å². The highest BCUT2D eigenvalue weighted by Crippen LogP contribution is 2.26. The Morgan fingerprint density at radius 1 is 1.47 bits per heavy atom. The number of halogens is 1. The molecule has 3 rings (SSSR count). The number of β-amino-alcohol motifs (C(OH)–C–C–N with tert-alkyl or cyclic N) is 1. The molecule has 2 aromatic rings. The molecule has 2 aromatic heterocycles. The van der Waals surface area contributed by atoms with Gasteiger partial charge < -0.3 is 10.4 Å². The number of aromatic nitrogens is 2. The van der Waals surface area contributed by atoms with E-state index in [4.69, 9.17) is 0 Å². The van der Waals surface area contributed by atoms with Crippen molar-refractivity contribution in [3.05, 3.63) is 27.1 Å². The minimum Gasteiger partial charge on any atom is -0.390 e. The molecule has 0 unspecified atom stereocenters. The Morgan fingerprint density at radius 3 is 2.84 bits per heavy atom. The van der Waals surface area contributed by atoms with E-state index in [0.717, 1.165) is 15.3 Å². The van der Waals surface area contributed by atoms with Gasteiger partial charge in [0.15, 0.2) is 0 Å².